The Morgan fingerprint density at radius 1 is 1.38 bits per heavy atom. The molecule has 4 nitrogen and oxygen atoms in total. The molecule has 1 heterocycles. The van der Waals surface area contributed by atoms with Gasteiger partial charge in [-0.1, -0.05) is 30.8 Å². The zero-order chi connectivity index (χ0) is 11.4. The summed E-state index contributed by atoms with van der Waals surface area (Å²) in [6.45, 7) is 1.81. The number of aromatic nitrogens is 1. The van der Waals surface area contributed by atoms with E-state index in [9.17, 15) is 4.79 Å². The predicted octanol–water partition coefficient (Wildman–Crippen LogP) is 2.44. The summed E-state index contributed by atoms with van der Waals surface area (Å²) < 4.78 is 4.94. The number of hydrogen-bond acceptors (Lipinski definition) is 3. The maximum Gasteiger partial charge on any atom is 0.290 e. The predicted molar refractivity (Wildman–Crippen MR) is 60.2 cm³/mol. The molecule has 0 saturated heterocycles. The van der Waals surface area contributed by atoms with Gasteiger partial charge in [-0.05, 0) is 19.8 Å². The van der Waals surface area contributed by atoms with Crippen molar-refractivity contribution in [3.63, 3.8) is 0 Å². The molecule has 1 aromatic heterocycles. The molecule has 0 aliphatic heterocycles. The molecule has 16 heavy (non-hydrogen) atoms. The van der Waals surface area contributed by atoms with Crippen LogP contribution in [0.4, 0.5) is 0 Å². The first kappa shape index (κ1) is 11.2. The zero-order valence-electron chi connectivity index (χ0n) is 9.66. The van der Waals surface area contributed by atoms with Gasteiger partial charge in [-0.15, -0.1) is 0 Å². The molecule has 1 N–H and O–H groups in total. The second-order valence-corrected chi connectivity index (χ2v) is 4.49. The van der Waals surface area contributed by atoms with E-state index in [0.717, 1.165) is 18.5 Å². The number of amides is 1. The normalized spacial score (nSPS) is 18.1. The summed E-state index contributed by atoms with van der Waals surface area (Å²) in [5, 5.41) is 6.73. The lowest BCUT2D eigenvalue weighted by Crippen LogP contribution is -2.34. The number of hydrogen-bond donors (Lipinski definition) is 1. The highest BCUT2D eigenvalue weighted by Gasteiger charge is 2.18. The Bertz CT molecular complexity index is 352. The Balaban J connectivity index is 1.90. The third kappa shape index (κ3) is 2.84. The molecular weight excluding hydrogens is 204 g/mol. The van der Waals surface area contributed by atoms with Gasteiger partial charge in [-0.3, -0.25) is 4.79 Å². The van der Waals surface area contributed by atoms with Crippen molar-refractivity contribution in [3.05, 3.63) is 17.5 Å². The van der Waals surface area contributed by atoms with Crippen molar-refractivity contribution in [3.8, 4) is 0 Å². The highest BCUT2D eigenvalue weighted by molar-refractivity contribution is 5.91. The molecule has 0 spiro atoms. The molecular formula is C12H18N2O2. The minimum Gasteiger partial charge on any atom is -0.351 e. The summed E-state index contributed by atoms with van der Waals surface area (Å²) >= 11 is 0. The Morgan fingerprint density at radius 3 is 2.62 bits per heavy atom. The van der Waals surface area contributed by atoms with E-state index in [2.05, 4.69) is 10.5 Å². The zero-order valence-corrected chi connectivity index (χ0v) is 9.66. The summed E-state index contributed by atoms with van der Waals surface area (Å²) in [5.41, 5.74) is 0.742. The van der Waals surface area contributed by atoms with Crippen molar-refractivity contribution in [2.45, 2.75) is 51.5 Å². The topological polar surface area (TPSA) is 55.1 Å². The summed E-state index contributed by atoms with van der Waals surface area (Å²) in [6, 6.07) is 1.98. The number of aryl methyl sites for hydroxylation is 1. The van der Waals surface area contributed by atoms with Crippen molar-refractivity contribution in [2.75, 3.05) is 0 Å². The highest BCUT2D eigenvalue weighted by Crippen LogP contribution is 2.17. The lowest BCUT2D eigenvalue weighted by molar-refractivity contribution is 0.0896. The van der Waals surface area contributed by atoms with Gasteiger partial charge in [-0.25, -0.2) is 0 Å². The van der Waals surface area contributed by atoms with Gasteiger partial charge in [0.1, 0.15) is 0 Å². The number of nitrogens with zero attached hydrogens (tertiary/aromatic N) is 1. The second kappa shape index (κ2) is 5.14. The van der Waals surface area contributed by atoms with E-state index in [1.165, 1.54) is 25.7 Å². The minimum atomic E-state index is -0.132. The van der Waals surface area contributed by atoms with Gasteiger partial charge in [-0.2, -0.15) is 0 Å². The molecule has 0 bridgehead atoms. The first-order valence-corrected chi connectivity index (χ1v) is 6.00. The molecule has 1 fully saturated rings. The fourth-order valence-electron chi connectivity index (χ4n) is 2.15. The minimum absolute atomic E-state index is 0.132. The van der Waals surface area contributed by atoms with Crippen LogP contribution in [-0.4, -0.2) is 17.1 Å². The third-order valence-corrected chi connectivity index (χ3v) is 3.04. The highest BCUT2D eigenvalue weighted by atomic mass is 16.5. The van der Waals surface area contributed by atoms with Crippen molar-refractivity contribution in [1.82, 2.24) is 10.5 Å². The number of rotatable bonds is 2. The quantitative estimate of drug-likeness (QED) is 0.782. The lowest BCUT2D eigenvalue weighted by Gasteiger charge is -2.14. The largest absolute Gasteiger partial charge is 0.351 e. The van der Waals surface area contributed by atoms with E-state index in [-0.39, 0.29) is 5.91 Å². The molecule has 1 aromatic rings. The van der Waals surface area contributed by atoms with Crippen LogP contribution in [0.5, 0.6) is 0 Å². The van der Waals surface area contributed by atoms with Gasteiger partial charge >= 0.3 is 0 Å². The van der Waals surface area contributed by atoms with E-state index >= 15 is 0 Å². The summed E-state index contributed by atoms with van der Waals surface area (Å²) in [7, 11) is 0. The third-order valence-electron chi connectivity index (χ3n) is 3.04. The van der Waals surface area contributed by atoms with Gasteiger partial charge in [0.25, 0.3) is 5.91 Å². The van der Waals surface area contributed by atoms with Crippen LogP contribution in [0.2, 0.25) is 0 Å². The van der Waals surface area contributed by atoms with Gasteiger partial charge < -0.3 is 9.84 Å². The van der Waals surface area contributed by atoms with E-state index in [1.54, 1.807) is 6.07 Å². The van der Waals surface area contributed by atoms with Gasteiger partial charge in [0.05, 0.1) is 5.69 Å². The lowest BCUT2D eigenvalue weighted by atomic mass is 10.1. The van der Waals surface area contributed by atoms with Crippen molar-refractivity contribution in [2.24, 2.45) is 0 Å². The Hall–Kier alpha value is -1.32. The van der Waals surface area contributed by atoms with Crippen molar-refractivity contribution >= 4 is 5.91 Å². The molecule has 1 aliphatic carbocycles. The molecule has 1 aliphatic rings. The van der Waals surface area contributed by atoms with E-state index < -0.39 is 0 Å². The molecule has 88 valence electrons. The van der Waals surface area contributed by atoms with Crippen LogP contribution in [0.25, 0.3) is 0 Å². The molecule has 1 saturated carbocycles. The fraction of sp³-hybridized carbons (Fsp3) is 0.667. The molecule has 0 aromatic carbocycles. The summed E-state index contributed by atoms with van der Waals surface area (Å²) in [5.74, 6) is 0.189. The Kier molecular flexibility index (Phi) is 3.59. The fourth-order valence-corrected chi connectivity index (χ4v) is 2.15. The first-order valence-electron chi connectivity index (χ1n) is 6.00. The molecule has 4 heteroatoms. The van der Waals surface area contributed by atoms with Crippen molar-refractivity contribution in [1.29, 1.82) is 0 Å². The average molecular weight is 222 g/mol. The smallest absolute Gasteiger partial charge is 0.290 e. The maximum atomic E-state index is 11.8. The van der Waals surface area contributed by atoms with Crippen LogP contribution in [0.15, 0.2) is 10.6 Å². The van der Waals surface area contributed by atoms with Gasteiger partial charge in [0, 0.05) is 12.1 Å². The van der Waals surface area contributed by atoms with Gasteiger partial charge in [0.2, 0.25) is 5.76 Å². The first-order chi connectivity index (χ1) is 7.75. The van der Waals surface area contributed by atoms with E-state index in [4.69, 9.17) is 4.52 Å². The van der Waals surface area contributed by atoms with E-state index in [1.807, 2.05) is 6.92 Å². The standard InChI is InChI=1S/C12H18N2O2/c1-9-8-11(16-14-9)12(15)13-10-6-4-2-3-5-7-10/h8,10H,2-7H2,1H3,(H,13,15). The van der Waals surface area contributed by atoms with Crippen LogP contribution < -0.4 is 5.32 Å². The maximum absolute atomic E-state index is 11.8. The molecule has 2 rings (SSSR count). The van der Waals surface area contributed by atoms with Crippen LogP contribution in [-0.2, 0) is 0 Å². The second-order valence-electron chi connectivity index (χ2n) is 4.49. The average Bonchev–Trinajstić information content (AvgIpc) is 2.54. The van der Waals surface area contributed by atoms with E-state index in [0.29, 0.717) is 11.8 Å². The number of carbonyl (C=O) groups is 1. The van der Waals surface area contributed by atoms with Crippen molar-refractivity contribution < 1.29 is 9.32 Å². The molecule has 0 unspecified atom stereocenters. The van der Waals surface area contributed by atoms with Gasteiger partial charge in [0.15, 0.2) is 0 Å². The summed E-state index contributed by atoms with van der Waals surface area (Å²) in [4.78, 5) is 11.8. The molecule has 0 atom stereocenters. The number of nitrogens with one attached hydrogen (secondary N) is 1. The monoisotopic (exact) mass is 222 g/mol. The van der Waals surface area contributed by atoms with Crippen LogP contribution >= 0.6 is 0 Å². The van der Waals surface area contributed by atoms with Crippen LogP contribution in [0.1, 0.15) is 54.8 Å². The summed E-state index contributed by atoms with van der Waals surface area (Å²) in [6.07, 6.45) is 7.15. The SMILES string of the molecule is Cc1cc(C(=O)NC2CCCCCC2)on1. The number of carbonyl (C=O) groups excluding carboxylic acids is 1. The molecule has 1 amide bonds. The molecule has 0 radical (unpaired) electrons. The van der Waals surface area contributed by atoms with Crippen LogP contribution in [0, 0.1) is 6.92 Å². The Labute approximate surface area is 95.4 Å². The Morgan fingerprint density at radius 2 is 2.06 bits per heavy atom. The van der Waals surface area contributed by atoms with Crippen LogP contribution in [0.3, 0.4) is 0 Å².